The van der Waals surface area contributed by atoms with Crippen LogP contribution in [0.25, 0.3) is 0 Å². The molecule has 49 heavy (non-hydrogen) atoms. The maximum Gasteiger partial charge on any atom is 0.119 e. The van der Waals surface area contributed by atoms with E-state index >= 15 is 0 Å². The molecule has 1 N–H and O–H groups in total. The van der Waals surface area contributed by atoms with Gasteiger partial charge in [0.15, 0.2) is 0 Å². The van der Waals surface area contributed by atoms with Crippen LogP contribution < -0.4 is 4.74 Å². The minimum atomic E-state index is 0.0262. The van der Waals surface area contributed by atoms with Crippen LogP contribution in [0, 0.1) is 0 Å². The molecular weight excluding hydrogens is 636 g/mol. The predicted octanol–water partition coefficient (Wildman–Crippen LogP) is 4.47. The Balaban J connectivity index is 1.74. The van der Waals surface area contributed by atoms with Crippen LogP contribution >= 0.6 is 0 Å². The number of aliphatic hydroxyl groups excluding tert-OH is 1. The number of hydrogen-bond donors (Lipinski definition) is 1. The molecule has 0 amide bonds. The van der Waals surface area contributed by atoms with E-state index in [9.17, 15) is 0 Å². The number of unbranched alkanes of at least 4 members (excludes halogenated alkanes) is 3. The molecule has 0 bridgehead atoms. The second-order valence-corrected chi connectivity index (χ2v) is 11.9. The van der Waals surface area contributed by atoms with Crippen LogP contribution in [0.4, 0.5) is 0 Å². The Kier molecular flexibility index (Phi) is 32.6. The van der Waals surface area contributed by atoms with Crippen molar-refractivity contribution in [2.24, 2.45) is 0 Å². The monoisotopic (exact) mass is 704 g/mol. The second-order valence-electron chi connectivity index (χ2n) is 11.9. The first-order chi connectivity index (χ1) is 24.1. The quantitative estimate of drug-likeness (QED) is 0.0974. The maximum atomic E-state index is 8.59. The van der Waals surface area contributed by atoms with E-state index in [1.54, 1.807) is 0 Å². The molecule has 0 fully saturated rings. The van der Waals surface area contributed by atoms with Gasteiger partial charge in [-0.3, -0.25) is 0 Å². The van der Waals surface area contributed by atoms with Crippen molar-refractivity contribution >= 4 is 0 Å². The Morgan fingerprint density at radius 1 is 0.429 bits per heavy atom. The zero-order valence-electron chi connectivity index (χ0n) is 30.8. The van der Waals surface area contributed by atoms with Gasteiger partial charge < -0.3 is 57.2 Å². The molecule has 0 aromatic heterocycles. The number of hydrogen-bond acceptors (Lipinski definition) is 12. The van der Waals surface area contributed by atoms with E-state index in [1.807, 2.05) is 0 Å². The zero-order valence-corrected chi connectivity index (χ0v) is 30.8. The predicted molar refractivity (Wildman–Crippen MR) is 189 cm³/mol. The number of rotatable bonds is 39. The molecule has 1 aromatic rings. The number of ether oxygens (including phenoxy) is 11. The van der Waals surface area contributed by atoms with Gasteiger partial charge >= 0.3 is 0 Å². The largest absolute Gasteiger partial charge is 0.491 e. The lowest BCUT2D eigenvalue weighted by molar-refractivity contribution is -0.0270. The Bertz CT molecular complexity index is 796. The van der Waals surface area contributed by atoms with E-state index in [2.05, 4.69) is 45.0 Å². The fourth-order valence-electron chi connectivity index (χ4n) is 4.50. The van der Waals surface area contributed by atoms with Gasteiger partial charge in [-0.05, 0) is 29.5 Å². The van der Waals surface area contributed by atoms with Crippen molar-refractivity contribution < 1.29 is 57.2 Å². The number of aliphatic hydroxyl groups is 1. The van der Waals surface area contributed by atoms with Crippen molar-refractivity contribution in [3.8, 4) is 5.75 Å². The lowest BCUT2D eigenvalue weighted by atomic mass is 9.80. The molecule has 0 spiro atoms. The summed E-state index contributed by atoms with van der Waals surface area (Å²) in [5.74, 6) is 0.874. The Morgan fingerprint density at radius 2 is 0.755 bits per heavy atom. The molecule has 0 saturated carbocycles. The van der Waals surface area contributed by atoms with Crippen LogP contribution in [-0.4, -0.2) is 150 Å². The van der Waals surface area contributed by atoms with Crippen LogP contribution in [0.3, 0.4) is 0 Å². The fourth-order valence-corrected chi connectivity index (χ4v) is 4.50. The van der Waals surface area contributed by atoms with E-state index in [0.717, 1.165) is 5.75 Å². The van der Waals surface area contributed by atoms with Gasteiger partial charge in [0.2, 0.25) is 0 Å². The summed E-state index contributed by atoms with van der Waals surface area (Å²) in [5.41, 5.74) is 1.55. The topological polar surface area (TPSA) is 122 Å². The highest BCUT2D eigenvalue weighted by Gasteiger charge is 2.19. The third-order valence-corrected chi connectivity index (χ3v) is 7.37. The molecule has 0 aliphatic heterocycles. The fraction of sp³-hybridized carbons (Fsp3) is 0.838. The van der Waals surface area contributed by atoms with E-state index in [0.29, 0.717) is 139 Å². The third-order valence-electron chi connectivity index (χ3n) is 7.37. The molecule has 0 heterocycles. The van der Waals surface area contributed by atoms with Crippen LogP contribution in [0.1, 0.15) is 58.4 Å². The lowest BCUT2D eigenvalue weighted by Crippen LogP contribution is -2.17. The second kappa shape index (κ2) is 35.0. The van der Waals surface area contributed by atoms with Crippen LogP contribution in [0.2, 0.25) is 0 Å². The zero-order chi connectivity index (χ0) is 35.4. The molecule has 1 aromatic carbocycles. The summed E-state index contributed by atoms with van der Waals surface area (Å²) in [5, 5.41) is 8.59. The third kappa shape index (κ3) is 30.0. The molecule has 0 atom stereocenters. The van der Waals surface area contributed by atoms with Crippen molar-refractivity contribution in [3.05, 3.63) is 29.8 Å². The van der Waals surface area contributed by atoms with Gasteiger partial charge in [-0.15, -0.1) is 0 Å². The smallest absolute Gasteiger partial charge is 0.119 e. The summed E-state index contributed by atoms with van der Waals surface area (Å²) < 4.78 is 60.3. The summed E-state index contributed by atoms with van der Waals surface area (Å²) in [4.78, 5) is 0. The first-order valence-corrected chi connectivity index (χ1v) is 18.2. The van der Waals surface area contributed by atoms with Gasteiger partial charge in [-0.25, -0.2) is 0 Å². The minimum absolute atomic E-state index is 0.0262. The summed E-state index contributed by atoms with van der Waals surface area (Å²) in [6.07, 6.45) is 6.39. The summed E-state index contributed by atoms with van der Waals surface area (Å²) in [6.45, 7) is 17.4. The van der Waals surface area contributed by atoms with Gasteiger partial charge in [0.05, 0.1) is 139 Å². The molecule has 0 aliphatic rings. The van der Waals surface area contributed by atoms with Gasteiger partial charge in [0.1, 0.15) is 12.4 Å². The summed E-state index contributed by atoms with van der Waals surface area (Å²) >= 11 is 0. The standard InChI is InChI=1S/C37H68O12/c1-4-5-6-7-12-37(2,3)35-8-10-36(11-9-35)49-34-33-48-32-31-47-30-29-46-28-27-45-26-25-44-24-23-43-22-21-42-20-19-41-18-17-40-16-15-39-14-13-38/h8-11,38H,4-7,12-34H2,1-3H3. The van der Waals surface area contributed by atoms with Crippen molar-refractivity contribution in [2.75, 3.05) is 145 Å². The first kappa shape index (κ1) is 45.6. The van der Waals surface area contributed by atoms with Crippen molar-refractivity contribution in [2.45, 2.75) is 58.3 Å². The highest BCUT2D eigenvalue weighted by molar-refractivity contribution is 5.31. The van der Waals surface area contributed by atoms with Crippen molar-refractivity contribution in [1.82, 2.24) is 0 Å². The molecular formula is C37H68O12. The van der Waals surface area contributed by atoms with Crippen molar-refractivity contribution in [3.63, 3.8) is 0 Å². The number of benzene rings is 1. The Hall–Kier alpha value is -1.42. The van der Waals surface area contributed by atoms with Gasteiger partial charge in [-0.1, -0.05) is 58.6 Å². The Morgan fingerprint density at radius 3 is 1.08 bits per heavy atom. The maximum absolute atomic E-state index is 8.59. The molecule has 0 aliphatic carbocycles. The molecule has 0 unspecified atom stereocenters. The summed E-state index contributed by atoms with van der Waals surface area (Å²) in [6, 6.07) is 8.49. The average molecular weight is 705 g/mol. The molecule has 12 nitrogen and oxygen atoms in total. The van der Waals surface area contributed by atoms with E-state index in [4.69, 9.17) is 57.2 Å². The molecule has 0 saturated heterocycles. The van der Waals surface area contributed by atoms with E-state index in [-0.39, 0.29) is 12.0 Å². The van der Waals surface area contributed by atoms with Gasteiger partial charge in [0.25, 0.3) is 0 Å². The van der Waals surface area contributed by atoms with E-state index < -0.39 is 0 Å². The minimum Gasteiger partial charge on any atom is -0.491 e. The molecule has 12 heteroatoms. The highest BCUT2D eigenvalue weighted by atomic mass is 16.6. The van der Waals surface area contributed by atoms with E-state index in [1.165, 1.54) is 37.7 Å². The first-order valence-electron chi connectivity index (χ1n) is 18.2. The Labute approximate surface area is 296 Å². The lowest BCUT2D eigenvalue weighted by Gasteiger charge is -2.25. The molecule has 288 valence electrons. The van der Waals surface area contributed by atoms with Gasteiger partial charge in [-0.2, -0.15) is 0 Å². The van der Waals surface area contributed by atoms with Crippen LogP contribution in [0.5, 0.6) is 5.75 Å². The SMILES string of the molecule is CCCCCCC(C)(C)c1ccc(OCCOCCOCCOCCOCCOCCOCCOCCOCCOCCOCCO)cc1. The van der Waals surface area contributed by atoms with Crippen molar-refractivity contribution in [1.29, 1.82) is 0 Å². The normalized spacial score (nSPS) is 11.8. The van der Waals surface area contributed by atoms with Gasteiger partial charge in [0, 0.05) is 0 Å². The summed E-state index contributed by atoms with van der Waals surface area (Å²) in [7, 11) is 0. The average Bonchev–Trinajstić information content (AvgIpc) is 3.11. The molecule has 0 radical (unpaired) electrons. The van der Waals surface area contributed by atoms with Crippen LogP contribution in [0.15, 0.2) is 24.3 Å². The van der Waals surface area contributed by atoms with Crippen LogP contribution in [-0.2, 0) is 52.8 Å². The molecule has 1 rings (SSSR count). The highest BCUT2D eigenvalue weighted by Crippen LogP contribution is 2.30.